The molecule has 118 valence electrons. The summed E-state index contributed by atoms with van der Waals surface area (Å²) >= 11 is 5.89. The summed E-state index contributed by atoms with van der Waals surface area (Å²) in [5.41, 5.74) is 1.08. The van der Waals surface area contributed by atoms with Gasteiger partial charge in [-0.25, -0.2) is 0 Å². The third kappa shape index (κ3) is 4.24. The molecular formula is C17H22ClN3O. The van der Waals surface area contributed by atoms with Crippen LogP contribution in [0.1, 0.15) is 18.5 Å². The maximum absolute atomic E-state index is 6.02. The molecule has 1 aromatic heterocycles. The van der Waals surface area contributed by atoms with Crippen molar-refractivity contribution in [3.8, 4) is 5.75 Å². The van der Waals surface area contributed by atoms with Gasteiger partial charge in [0.05, 0.1) is 12.2 Å². The van der Waals surface area contributed by atoms with E-state index < -0.39 is 0 Å². The van der Waals surface area contributed by atoms with Crippen molar-refractivity contribution in [2.75, 3.05) is 19.6 Å². The lowest BCUT2D eigenvalue weighted by molar-refractivity contribution is 0.0980. The number of hydrogen-bond donors (Lipinski definition) is 0. The number of aryl methyl sites for hydroxylation is 1. The highest BCUT2D eigenvalue weighted by atomic mass is 35.5. The van der Waals surface area contributed by atoms with Gasteiger partial charge >= 0.3 is 0 Å². The SMILES string of the molecule is Cc1ccn(CCN2CCC(Oc3ccc(Cl)cc3)CC2)n1. The van der Waals surface area contributed by atoms with Crippen LogP contribution in [0.5, 0.6) is 5.75 Å². The van der Waals surface area contributed by atoms with Crippen LogP contribution < -0.4 is 4.74 Å². The minimum atomic E-state index is 0.310. The van der Waals surface area contributed by atoms with Crippen molar-refractivity contribution in [2.24, 2.45) is 0 Å². The van der Waals surface area contributed by atoms with Crippen molar-refractivity contribution in [1.82, 2.24) is 14.7 Å². The summed E-state index contributed by atoms with van der Waals surface area (Å²) in [6.07, 6.45) is 4.50. The second-order valence-electron chi connectivity index (χ2n) is 5.83. The molecule has 4 nitrogen and oxygen atoms in total. The molecule has 0 saturated carbocycles. The molecule has 2 heterocycles. The number of likely N-dealkylation sites (tertiary alicyclic amines) is 1. The Hall–Kier alpha value is -1.52. The standard InChI is InChI=1S/C17H22ClN3O/c1-14-6-11-21(19-14)13-12-20-9-7-17(8-10-20)22-16-4-2-15(18)3-5-16/h2-6,11,17H,7-10,12-13H2,1H3. The Balaban J connectivity index is 1.41. The molecule has 0 unspecified atom stereocenters. The molecule has 0 spiro atoms. The van der Waals surface area contributed by atoms with Gasteiger partial charge in [0.25, 0.3) is 0 Å². The number of rotatable bonds is 5. The molecule has 0 amide bonds. The number of hydrogen-bond acceptors (Lipinski definition) is 3. The van der Waals surface area contributed by atoms with Crippen molar-refractivity contribution in [3.63, 3.8) is 0 Å². The Labute approximate surface area is 136 Å². The van der Waals surface area contributed by atoms with Gasteiger partial charge in [-0.1, -0.05) is 11.6 Å². The average molecular weight is 320 g/mol. The molecule has 5 heteroatoms. The van der Waals surface area contributed by atoms with Crippen LogP contribution >= 0.6 is 11.6 Å². The molecule has 0 radical (unpaired) electrons. The summed E-state index contributed by atoms with van der Waals surface area (Å²) in [6.45, 7) is 6.19. The third-order valence-electron chi connectivity index (χ3n) is 4.07. The van der Waals surface area contributed by atoms with E-state index in [-0.39, 0.29) is 0 Å². The average Bonchev–Trinajstić information content (AvgIpc) is 2.94. The molecule has 1 aliphatic heterocycles. The highest BCUT2D eigenvalue weighted by molar-refractivity contribution is 6.30. The number of aromatic nitrogens is 2. The Kier molecular flexibility index (Phi) is 5.01. The van der Waals surface area contributed by atoms with E-state index in [9.17, 15) is 0 Å². The van der Waals surface area contributed by atoms with Gasteiger partial charge in [0.2, 0.25) is 0 Å². The third-order valence-corrected chi connectivity index (χ3v) is 4.32. The van der Waals surface area contributed by atoms with Gasteiger partial charge in [0, 0.05) is 30.9 Å². The van der Waals surface area contributed by atoms with Crippen LogP contribution in [0.2, 0.25) is 5.02 Å². The highest BCUT2D eigenvalue weighted by Gasteiger charge is 2.20. The van der Waals surface area contributed by atoms with E-state index in [2.05, 4.69) is 10.00 Å². The van der Waals surface area contributed by atoms with E-state index in [0.717, 1.165) is 55.5 Å². The van der Waals surface area contributed by atoms with Crippen molar-refractivity contribution in [1.29, 1.82) is 0 Å². The Bertz CT molecular complexity index is 588. The van der Waals surface area contributed by atoms with Crippen LogP contribution in [0.4, 0.5) is 0 Å². The predicted octanol–water partition coefficient (Wildman–Crippen LogP) is 3.39. The Morgan fingerprint density at radius 3 is 2.50 bits per heavy atom. The fourth-order valence-electron chi connectivity index (χ4n) is 2.79. The summed E-state index contributed by atoms with van der Waals surface area (Å²) in [5.74, 6) is 0.912. The summed E-state index contributed by atoms with van der Waals surface area (Å²) in [6, 6.07) is 9.67. The molecule has 1 fully saturated rings. The molecule has 0 bridgehead atoms. The molecule has 1 saturated heterocycles. The number of halogens is 1. The Morgan fingerprint density at radius 2 is 1.86 bits per heavy atom. The van der Waals surface area contributed by atoms with Crippen LogP contribution in [0, 0.1) is 6.92 Å². The van der Waals surface area contributed by atoms with E-state index in [1.165, 1.54) is 0 Å². The molecular weight excluding hydrogens is 298 g/mol. The Morgan fingerprint density at radius 1 is 1.14 bits per heavy atom. The van der Waals surface area contributed by atoms with Gasteiger partial charge in [-0.15, -0.1) is 0 Å². The van der Waals surface area contributed by atoms with Gasteiger partial charge in [-0.3, -0.25) is 4.68 Å². The molecule has 3 rings (SSSR count). The van der Waals surface area contributed by atoms with Crippen molar-refractivity contribution >= 4 is 11.6 Å². The largest absolute Gasteiger partial charge is 0.490 e. The monoisotopic (exact) mass is 319 g/mol. The molecule has 22 heavy (non-hydrogen) atoms. The topological polar surface area (TPSA) is 30.3 Å². The van der Waals surface area contributed by atoms with Crippen LogP contribution in [0.3, 0.4) is 0 Å². The number of piperidine rings is 1. The zero-order valence-electron chi connectivity index (χ0n) is 12.9. The number of ether oxygens (including phenoxy) is 1. The first-order valence-corrected chi connectivity index (χ1v) is 8.21. The quantitative estimate of drug-likeness (QED) is 0.846. The minimum absolute atomic E-state index is 0.310. The zero-order valence-corrected chi connectivity index (χ0v) is 13.7. The van der Waals surface area contributed by atoms with Crippen LogP contribution in [0.25, 0.3) is 0 Å². The fraction of sp³-hybridized carbons (Fsp3) is 0.471. The van der Waals surface area contributed by atoms with Gasteiger partial charge < -0.3 is 9.64 Å². The first-order chi connectivity index (χ1) is 10.7. The second kappa shape index (κ2) is 7.16. The first kappa shape index (κ1) is 15.4. The van der Waals surface area contributed by atoms with Crippen molar-refractivity contribution < 1.29 is 4.74 Å². The molecule has 2 aromatic rings. The maximum Gasteiger partial charge on any atom is 0.119 e. The van der Waals surface area contributed by atoms with Gasteiger partial charge in [-0.05, 0) is 50.1 Å². The van der Waals surface area contributed by atoms with Crippen molar-refractivity contribution in [3.05, 3.63) is 47.2 Å². The van der Waals surface area contributed by atoms with Crippen LogP contribution in [-0.4, -0.2) is 40.4 Å². The van der Waals surface area contributed by atoms with Crippen molar-refractivity contribution in [2.45, 2.75) is 32.4 Å². The van der Waals surface area contributed by atoms with Gasteiger partial charge in [-0.2, -0.15) is 5.10 Å². The maximum atomic E-state index is 6.02. The molecule has 1 aliphatic rings. The van der Waals surface area contributed by atoms with Gasteiger partial charge in [0.15, 0.2) is 0 Å². The first-order valence-electron chi connectivity index (χ1n) is 7.84. The smallest absolute Gasteiger partial charge is 0.119 e. The predicted molar refractivity (Wildman–Crippen MR) is 88.5 cm³/mol. The van der Waals surface area contributed by atoms with E-state index >= 15 is 0 Å². The number of nitrogens with zero attached hydrogens (tertiary/aromatic N) is 3. The van der Waals surface area contributed by atoms with Crippen LogP contribution in [0.15, 0.2) is 36.5 Å². The summed E-state index contributed by atoms with van der Waals surface area (Å²) < 4.78 is 8.04. The number of benzene rings is 1. The minimum Gasteiger partial charge on any atom is -0.490 e. The molecule has 0 N–H and O–H groups in total. The molecule has 0 atom stereocenters. The summed E-state index contributed by atoms with van der Waals surface area (Å²) in [4.78, 5) is 2.48. The zero-order chi connectivity index (χ0) is 15.4. The van der Waals surface area contributed by atoms with E-state index in [0.29, 0.717) is 6.10 Å². The second-order valence-corrected chi connectivity index (χ2v) is 6.27. The summed E-state index contributed by atoms with van der Waals surface area (Å²) in [5, 5.41) is 5.17. The fourth-order valence-corrected chi connectivity index (χ4v) is 2.91. The van der Waals surface area contributed by atoms with Crippen LogP contribution in [-0.2, 0) is 6.54 Å². The van der Waals surface area contributed by atoms with Gasteiger partial charge in [0.1, 0.15) is 11.9 Å². The van der Waals surface area contributed by atoms with E-state index in [1.807, 2.05) is 48.1 Å². The lowest BCUT2D eigenvalue weighted by Crippen LogP contribution is -2.39. The van der Waals surface area contributed by atoms with E-state index in [1.54, 1.807) is 0 Å². The summed E-state index contributed by atoms with van der Waals surface area (Å²) in [7, 11) is 0. The normalized spacial score (nSPS) is 16.8. The molecule has 0 aliphatic carbocycles. The highest BCUT2D eigenvalue weighted by Crippen LogP contribution is 2.21. The molecule has 1 aromatic carbocycles. The van der Waals surface area contributed by atoms with E-state index in [4.69, 9.17) is 16.3 Å². The lowest BCUT2D eigenvalue weighted by Gasteiger charge is -2.32. The lowest BCUT2D eigenvalue weighted by atomic mass is 10.1.